The first kappa shape index (κ1) is 14.5. The molecule has 1 amide bonds. The summed E-state index contributed by atoms with van der Waals surface area (Å²) in [4.78, 5) is 12.2. The van der Waals surface area contributed by atoms with E-state index in [1.165, 1.54) is 20.3 Å². The van der Waals surface area contributed by atoms with Crippen molar-refractivity contribution < 1.29 is 19.4 Å². The molecule has 6 heteroatoms. The Morgan fingerprint density at radius 2 is 1.90 bits per heavy atom. The van der Waals surface area contributed by atoms with Crippen molar-refractivity contribution in [1.29, 1.82) is 0 Å². The number of hydrogen-bond donors (Lipinski definition) is 3. The number of amides is 1. The zero-order valence-corrected chi connectivity index (χ0v) is 11.7. The van der Waals surface area contributed by atoms with E-state index in [4.69, 9.17) is 15.2 Å². The molecule has 0 unspecified atom stereocenters. The number of anilines is 2. The maximum Gasteiger partial charge on any atom is 0.257 e. The third-order valence-electron chi connectivity index (χ3n) is 2.94. The summed E-state index contributed by atoms with van der Waals surface area (Å²) in [6.07, 6.45) is 0. The lowest BCUT2D eigenvalue weighted by Crippen LogP contribution is -2.14. The Labute approximate surface area is 122 Å². The molecular weight excluding hydrogens is 272 g/mol. The average Bonchev–Trinajstić information content (AvgIpc) is 2.48. The van der Waals surface area contributed by atoms with Crippen LogP contribution in [0.1, 0.15) is 10.4 Å². The van der Waals surface area contributed by atoms with Gasteiger partial charge in [0.1, 0.15) is 5.75 Å². The van der Waals surface area contributed by atoms with Gasteiger partial charge in [-0.15, -0.1) is 0 Å². The normalized spacial score (nSPS) is 10.0. The van der Waals surface area contributed by atoms with Gasteiger partial charge in [0.25, 0.3) is 5.91 Å². The van der Waals surface area contributed by atoms with Crippen molar-refractivity contribution in [2.24, 2.45) is 0 Å². The predicted molar refractivity (Wildman–Crippen MR) is 80.0 cm³/mol. The fraction of sp³-hybridized carbons (Fsp3) is 0.133. The summed E-state index contributed by atoms with van der Waals surface area (Å²) in [5, 5.41) is 12.3. The molecular formula is C15H16N2O4. The Kier molecular flexibility index (Phi) is 4.18. The summed E-state index contributed by atoms with van der Waals surface area (Å²) < 4.78 is 10.0. The van der Waals surface area contributed by atoms with E-state index in [0.717, 1.165) is 0 Å². The Hall–Kier alpha value is -2.89. The minimum atomic E-state index is -0.393. The van der Waals surface area contributed by atoms with Crippen LogP contribution in [-0.2, 0) is 0 Å². The number of methoxy groups -OCH3 is 2. The van der Waals surface area contributed by atoms with Gasteiger partial charge in [-0.2, -0.15) is 0 Å². The quantitative estimate of drug-likeness (QED) is 0.750. The fourth-order valence-electron chi connectivity index (χ4n) is 1.83. The van der Waals surface area contributed by atoms with Gasteiger partial charge in [-0.05, 0) is 30.3 Å². The van der Waals surface area contributed by atoms with Gasteiger partial charge in [0.05, 0.1) is 19.8 Å². The molecule has 0 spiro atoms. The molecule has 4 N–H and O–H groups in total. The molecule has 0 heterocycles. The predicted octanol–water partition coefficient (Wildman–Crippen LogP) is 2.24. The molecule has 0 saturated heterocycles. The van der Waals surface area contributed by atoms with Crippen molar-refractivity contribution in [3.63, 3.8) is 0 Å². The van der Waals surface area contributed by atoms with Gasteiger partial charge in [-0.25, -0.2) is 0 Å². The first-order valence-electron chi connectivity index (χ1n) is 6.17. The molecule has 110 valence electrons. The lowest BCUT2D eigenvalue weighted by atomic mass is 10.1. The Bertz CT molecular complexity index is 671. The largest absolute Gasteiger partial charge is 0.504 e. The maximum atomic E-state index is 12.2. The van der Waals surface area contributed by atoms with Crippen LogP contribution in [0.2, 0.25) is 0 Å². The van der Waals surface area contributed by atoms with Gasteiger partial charge < -0.3 is 25.6 Å². The van der Waals surface area contributed by atoms with E-state index in [1.807, 2.05) is 0 Å². The lowest BCUT2D eigenvalue weighted by Gasteiger charge is -2.10. The number of benzene rings is 2. The highest BCUT2D eigenvalue weighted by molar-refractivity contribution is 6.08. The van der Waals surface area contributed by atoms with Gasteiger partial charge in [-0.3, -0.25) is 4.79 Å². The van der Waals surface area contributed by atoms with Crippen LogP contribution in [0.25, 0.3) is 0 Å². The number of ether oxygens (including phenoxy) is 2. The van der Waals surface area contributed by atoms with Crippen LogP contribution < -0.4 is 20.5 Å². The average molecular weight is 288 g/mol. The van der Waals surface area contributed by atoms with Crippen LogP contribution in [0, 0.1) is 0 Å². The standard InChI is InChI=1S/C15H16N2O4/c1-20-10-4-5-12(16)11(8-10)15(19)17-9-3-6-14(21-2)13(18)7-9/h3-8,18H,16H2,1-2H3,(H,17,19). The lowest BCUT2D eigenvalue weighted by molar-refractivity contribution is 0.102. The Morgan fingerprint density at radius 1 is 1.14 bits per heavy atom. The topological polar surface area (TPSA) is 93.8 Å². The number of aromatic hydroxyl groups is 1. The van der Waals surface area contributed by atoms with Crippen LogP contribution in [0.15, 0.2) is 36.4 Å². The monoisotopic (exact) mass is 288 g/mol. The first-order chi connectivity index (χ1) is 10.0. The molecule has 0 radical (unpaired) electrons. The molecule has 0 atom stereocenters. The van der Waals surface area contributed by atoms with E-state index in [2.05, 4.69) is 5.32 Å². The summed E-state index contributed by atoms with van der Waals surface area (Å²) in [7, 11) is 2.96. The van der Waals surface area contributed by atoms with Crippen LogP contribution >= 0.6 is 0 Å². The highest BCUT2D eigenvalue weighted by atomic mass is 16.5. The second-order valence-electron chi connectivity index (χ2n) is 4.29. The summed E-state index contributed by atoms with van der Waals surface area (Å²) in [5.41, 5.74) is 6.85. The number of nitrogens with two attached hydrogens (primary N) is 1. The molecule has 21 heavy (non-hydrogen) atoms. The van der Waals surface area contributed by atoms with Crippen LogP contribution in [0.3, 0.4) is 0 Å². The summed E-state index contributed by atoms with van der Waals surface area (Å²) >= 11 is 0. The fourth-order valence-corrected chi connectivity index (χ4v) is 1.83. The zero-order valence-electron chi connectivity index (χ0n) is 11.7. The third kappa shape index (κ3) is 3.17. The van der Waals surface area contributed by atoms with E-state index in [0.29, 0.717) is 28.4 Å². The van der Waals surface area contributed by atoms with E-state index < -0.39 is 5.91 Å². The second-order valence-corrected chi connectivity index (χ2v) is 4.29. The maximum absolute atomic E-state index is 12.2. The van der Waals surface area contributed by atoms with Crippen molar-refractivity contribution in [2.75, 3.05) is 25.3 Å². The van der Waals surface area contributed by atoms with Gasteiger partial charge >= 0.3 is 0 Å². The number of rotatable bonds is 4. The number of nitrogen functional groups attached to an aromatic ring is 1. The summed E-state index contributed by atoms with van der Waals surface area (Å²) in [6.45, 7) is 0. The van der Waals surface area contributed by atoms with Crippen LogP contribution in [0.4, 0.5) is 11.4 Å². The van der Waals surface area contributed by atoms with Crippen molar-refractivity contribution in [2.45, 2.75) is 0 Å². The van der Waals surface area contributed by atoms with Gasteiger partial charge in [0, 0.05) is 17.4 Å². The minimum absolute atomic E-state index is 0.0612. The molecule has 0 fully saturated rings. The SMILES string of the molecule is COc1ccc(N)c(C(=O)Nc2ccc(OC)c(O)c2)c1. The highest BCUT2D eigenvalue weighted by Gasteiger charge is 2.12. The van der Waals surface area contributed by atoms with Crippen molar-refractivity contribution in [3.8, 4) is 17.2 Å². The van der Waals surface area contributed by atoms with Gasteiger partial charge in [0.2, 0.25) is 0 Å². The van der Waals surface area contributed by atoms with Crippen molar-refractivity contribution in [3.05, 3.63) is 42.0 Å². The molecule has 0 aliphatic heterocycles. The first-order valence-corrected chi connectivity index (χ1v) is 6.17. The molecule has 2 aromatic rings. The second kappa shape index (κ2) is 6.04. The molecule has 0 saturated carbocycles. The number of phenols is 1. The zero-order chi connectivity index (χ0) is 15.4. The molecule has 6 nitrogen and oxygen atoms in total. The van der Waals surface area contributed by atoms with E-state index in [-0.39, 0.29) is 5.75 Å². The number of hydrogen-bond acceptors (Lipinski definition) is 5. The van der Waals surface area contributed by atoms with Crippen LogP contribution in [-0.4, -0.2) is 25.2 Å². The van der Waals surface area contributed by atoms with Gasteiger partial charge in [0.15, 0.2) is 11.5 Å². The van der Waals surface area contributed by atoms with E-state index in [1.54, 1.807) is 30.3 Å². The molecule has 0 aliphatic carbocycles. The van der Waals surface area contributed by atoms with Crippen LogP contribution in [0.5, 0.6) is 17.2 Å². The molecule has 0 aromatic heterocycles. The number of carbonyl (C=O) groups is 1. The Balaban J connectivity index is 2.23. The number of phenolic OH excluding ortho intramolecular Hbond substituents is 1. The van der Waals surface area contributed by atoms with Crippen molar-refractivity contribution in [1.82, 2.24) is 0 Å². The molecule has 0 bridgehead atoms. The summed E-state index contributed by atoms with van der Waals surface area (Å²) in [5.74, 6) is 0.408. The number of nitrogens with one attached hydrogen (secondary N) is 1. The number of carbonyl (C=O) groups excluding carboxylic acids is 1. The highest BCUT2D eigenvalue weighted by Crippen LogP contribution is 2.29. The van der Waals surface area contributed by atoms with E-state index >= 15 is 0 Å². The molecule has 0 aliphatic rings. The Morgan fingerprint density at radius 3 is 2.52 bits per heavy atom. The van der Waals surface area contributed by atoms with Crippen molar-refractivity contribution >= 4 is 17.3 Å². The molecule has 2 aromatic carbocycles. The third-order valence-corrected chi connectivity index (χ3v) is 2.94. The minimum Gasteiger partial charge on any atom is -0.504 e. The van der Waals surface area contributed by atoms with Gasteiger partial charge in [-0.1, -0.05) is 0 Å². The smallest absolute Gasteiger partial charge is 0.257 e. The summed E-state index contributed by atoms with van der Waals surface area (Å²) in [6, 6.07) is 9.39. The molecule has 2 rings (SSSR count). The van der Waals surface area contributed by atoms with E-state index in [9.17, 15) is 9.90 Å².